The molecule has 22 heteroatoms. The van der Waals surface area contributed by atoms with Gasteiger partial charge in [0.15, 0.2) is 5.82 Å². The summed E-state index contributed by atoms with van der Waals surface area (Å²) in [6.45, 7) is 16.5. The van der Waals surface area contributed by atoms with E-state index in [1.807, 2.05) is 126 Å². The third-order valence-electron chi connectivity index (χ3n) is 14.3. The Bertz CT molecular complexity index is 3370. The Kier molecular flexibility index (Phi) is 18.7. The standard InChI is InChI=1S/2C30H37N7O4/c1-8-25(38)31-20-14-15-21(24(16-20)41-7)28(39)33-27-22-17-37(30(2,3)26(22)36(6)34-27)29(40)32-23(18-35(4)5)19-12-10-9-11-13-19;1-8-25(38)31-20-14-15-21(24(16-20)41-7)28(39)33-27-22-17-37(30(2,3)26(22)34-36(27)6)29(40)32-23(18-35(4)5)19-12-10-9-11-13-19/h8-16,23H,1,17-18H2,2-7H3,(H,31,38)(H,32,40)(H,33,34,39);8-16,23H,1,17-18H2,2-7H3,(H,31,38)(H,32,40)(H,33,39). The number of nitrogens with one attached hydrogen (secondary N) is 6. The topological polar surface area (TPSA) is 242 Å². The summed E-state index contributed by atoms with van der Waals surface area (Å²) in [7, 11) is 14.3. The van der Waals surface area contributed by atoms with Crippen molar-refractivity contribution in [2.75, 3.05) is 76.8 Å². The summed E-state index contributed by atoms with van der Waals surface area (Å²) in [5.74, 6) is -0.153. The molecular formula is C60H74N14O8. The van der Waals surface area contributed by atoms with Crippen LogP contribution >= 0.6 is 0 Å². The average Bonchev–Trinajstić information content (AvgIpc) is 3.42. The number of ether oxygens (including phenoxy) is 2. The number of methoxy groups -OCH3 is 2. The van der Waals surface area contributed by atoms with E-state index in [9.17, 15) is 28.8 Å². The van der Waals surface area contributed by atoms with Crippen LogP contribution in [0.2, 0.25) is 0 Å². The first kappa shape index (κ1) is 60.4. The average molecular weight is 1120 g/mol. The van der Waals surface area contributed by atoms with Gasteiger partial charge < -0.3 is 61.0 Å². The molecule has 2 atom stereocenters. The summed E-state index contributed by atoms with van der Waals surface area (Å²) in [4.78, 5) is 85.0. The van der Waals surface area contributed by atoms with Crippen LogP contribution in [0.3, 0.4) is 0 Å². The van der Waals surface area contributed by atoms with Gasteiger partial charge in [-0.05, 0) is 103 Å². The van der Waals surface area contributed by atoms with Gasteiger partial charge in [-0.1, -0.05) is 73.8 Å². The molecule has 0 fully saturated rings. The summed E-state index contributed by atoms with van der Waals surface area (Å²) in [6, 6.07) is 28.4. The number of carbonyl (C=O) groups is 6. The van der Waals surface area contributed by atoms with Crippen molar-refractivity contribution in [3.05, 3.63) is 167 Å². The number of carbonyl (C=O) groups excluding carboxylic acids is 6. The number of rotatable bonds is 18. The van der Waals surface area contributed by atoms with E-state index >= 15 is 0 Å². The monoisotopic (exact) mass is 1120 g/mol. The van der Waals surface area contributed by atoms with Gasteiger partial charge in [0, 0.05) is 61.8 Å². The van der Waals surface area contributed by atoms with Crippen LogP contribution in [0.4, 0.5) is 32.6 Å². The first-order chi connectivity index (χ1) is 38.9. The van der Waals surface area contributed by atoms with Crippen molar-refractivity contribution in [2.45, 2.75) is 63.9 Å². The highest BCUT2D eigenvalue weighted by atomic mass is 16.5. The molecule has 2 unspecified atom stereocenters. The fourth-order valence-electron chi connectivity index (χ4n) is 10.2. The number of amides is 8. The second kappa shape index (κ2) is 25.4. The van der Waals surface area contributed by atoms with Gasteiger partial charge in [0.2, 0.25) is 11.8 Å². The summed E-state index contributed by atoms with van der Waals surface area (Å²) < 4.78 is 14.2. The molecule has 0 radical (unpaired) electrons. The van der Waals surface area contributed by atoms with E-state index in [1.165, 1.54) is 14.2 Å². The highest BCUT2D eigenvalue weighted by molar-refractivity contribution is 6.08. The minimum absolute atomic E-state index is 0.206. The number of fused-ring (bicyclic) bond motifs is 2. The van der Waals surface area contributed by atoms with E-state index in [4.69, 9.17) is 14.6 Å². The molecular weight excluding hydrogens is 1040 g/mol. The Balaban J connectivity index is 0.000000236. The van der Waals surface area contributed by atoms with Crippen molar-refractivity contribution in [1.82, 2.24) is 49.8 Å². The van der Waals surface area contributed by atoms with Gasteiger partial charge in [-0.15, -0.1) is 0 Å². The lowest BCUT2D eigenvalue weighted by Gasteiger charge is -2.34. The normalized spacial score (nSPS) is 14.3. The van der Waals surface area contributed by atoms with Gasteiger partial charge in [0.05, 0.1) is 73.0 Å². The smallest absolute Gasteiger partial charge is 0.319 e. The second-order valence-electron chi connectivity index (χ2n) is 21.4. The fraction of sp³-hybridized carbons (Fsp3) is 0.333. The largest absolute Gasteiger partial charge is 0.496 e. The van der Waals surface area contributed by atoms with Gasteiger partial charge in [0.1, 0.15) is 17.3 Å². The number of nitrogens with zero attached hydrogens (tertiary/aromatic N) is 8. The Morgan fingerprint density at radius 3 is 1.48 bits per heavy atom. The molecule has 4 aromatic carbocycles. The van der Waals surface area contributed by atoms with Crippen LogP contribution in [0, 0.1) is 0 Å². The third-order valence-corrected chi connectivity index (χ3v) is 14.3. The van der Waals surface area contributed by atoms with Gasteiger partial charge in [-0.2, -0.15) is 10.2 Å². The Hall–Kier alpha value is -9.28. The van der Waals surface area contributed by atoms with Crippen LogP contribution in [-0.2, 0) is 47.9 Å². The van der Waals surface area contributed by atoms with E-state index in [2.05, 4.69) is 50.2 Å². The zero-order valence-corrected chi connectivity index (χ0v) is 48.6. The van der Waals surface area contributed by atoms with Crippen LogP contribution in [0.5, 0.6) is 11.5 Å². The van der Waals surface area contributed by atoms with E-state index in [1.54, 1.807) is 69.7 Å². The molecule has 0 bridgehead atoms. The molecule has 6 N–H and O–H groups in total. The maximum absolute atomic E-state index is 13.7. The number of urea groups is 2. The minimum atomic E-state index is -0.720. The van der Waals surface area contributed by atoms with E-state index in [0.717, 1.165) is 40.1 Å². The lowest BCUT2D eigenvalue weighted by Crippen LogP contribution is -2.49. The van der Waals surface area contributed by atoms with Crippen molar-refractivity contribution in [1.29, 1.82) is 0 Å². The number of hydrogen-bond donors (Lipinski definition) is 6. The molecule has 2 aliphatic rings. The highest BCUT2D eigenvalue weighted by Gasteiger charge is 2.47. The maximum atomic E-state index is 13.7. The number of aromatic nitrogens is 4. The lowest BCUT2D eigenvalue weighted by molar-refractivity contribution is -0.112. The Morgan fingerprint density at radius 2 is 1.04 bits per heavy atom. The Morgan fingerprint density at radius 1 is 0.598 bits per heavy atom. The van der Waals surface area contributed by atoms with Crippen LogP contribution in [0.1, 0.15) is 94.1 Å². The highest BCUT2D eigenvalue weighted by Crippen LogP contribution is 2.44. The van der Waals surface area contributed by atoms with Crippen molar-refractivity contribution in [3.63, 3.8) is 0 Å². The van der Waals surface area contributed by atoms with Crippen molar-refractivity contribution >= 4 is 58.7 Å². The van der Waals surface area contributed by atoms with Crippen molar-refractivity contribution in [3.8, 4) is 11.5 Å². The molecule has 6 aromatic rings. The third kappa shape index (κ3) is 13.3. The van der Waals surface area contributed by atoms with Gasteiger partial charge in [-0.25, -0.2) is 9.59 Å². The predicted molar refractivity (Wildman–Crippen MR) is 316 cm³/mol. The number of aryl methyl sites for hydroxylation is 2. The maximum Gasteiger partial charge on any atom is 0.319 e. The van der Waals surface area contributed by atoms with Gasteiger partial charge in [-0.3, -0.25) is 28.5 Å². The van der Waals surface area contributed by atoms with Crippen LogP contribution < -0.4 is 41.4 Å². The first-order valence-corrected chi connectivity index (χ1v) is 26.5. The van der Waals surface area contributed by atoms with Crippen molar-refractivity contribution in [2.24, 2.45) is 14.1 Å². The molecule has 0 saturated heterocycles. The fourth-order valence-corrected chi connectivity index (χ4v) is 10.2. The van der Waals surface area contributed by atoms with E-state index < -0.39 is 22.9 Å². The Labute approximate surface area is 478 Å². The van der Waals surface area contributed by atoms with Gasteiger partial charge >= 0.3 is 12.1 Å². The second-order valence-corrected chi connectivity index (χ2v) is 21.4. The number of benzene rings is 4. The predicted octanol–water partition coefficient (Wildman–Crippen LogP) is 7.74. The molecule has 2 aliphatic heterocycles. The molecule has 0 saturated carbocycles. The number of anilines is 4. The first-order valence-electron chi connectivity index (χ1n) is 26.5. The summed E-state index contributed by atoms with van der Waals surface area (Å²) in [5.41, 5.74) is 5.17. The SMILES string of the molecule is C=CC(=O)Nc1ccc(C(=O)Nc2c3c(nn2C)C(C)(C)N(C(=O)NC(CN(C)C)c2ccccc2)C3)c(OC)c1.C=CC(=O)Nc1ccc(C(=O)Nc2nn(C)c3c2CN(C(=O)NC(CN(C)C)c2ccccc2)C3(C)C)c(OC)c1. The summed E-state index contributed by atoms with van der Waals surface area (Å²) in [6.07, 6.45) is 2.31. The quantitative estimate of drug-likeness (QED) is 0.0453. The molecule has 432 valence electrons. The van der Waals surface area contributed by atoms with Gasteiger partial charge in [0.25, 0.3) is 11.8 Å². The molecule has 8 amide bonds. The van der Waals surface area contributed by atoms with E-state index in [0.29, 0.717) is 41.8 Å². The molecule has 0 aliphatic carbocycles. The number of hydrogen-bond acceptors (Lipinski definition) is 12. The molecule has 2 aromatic heterocycles. The van der Waals surface area contributed by atoms with Crippen LogP contribution in [0.25, 0.3) is 0 Å². The molecule has 22 nitrogen and oxygen atoms in total. The van der Waals surface area contributed by atoms with Crippen LogP contribution in [-0.4, -0.2) is 130 Å². The van der Waals surface area contributed by atoms with Crippen LogP contribution in [0.15, 0.2) is 122 Å². The number of likely N-dealkylation sites (N-methyl/N-ethyl adjacent to an activating group) is 2. The lowest BCUT2D eigenvalue weighted by atomic mass is 10.0. The molecule has 8 rings (SSSR count). The summed E-state index contributed by atoms with van der Waals surface area (Å²) >= 11 is 0. The zero-order valence-electron chi connectivity index (χ0n) is 48.6. The van der Waals surface area contributed by atoms with Crippen molar-refractivity contribution < 1.29 is 38.2 Å². The molecule has 0 spiro atoms. The molecule has 82 heavy (non-hydrogen) atoms. The molecule has 4 heterocycles. The minimum Gasteiger partial charge on any atom is -0.496 e. The van der Waals surface area contributed by atoms with E-state index in [-0.39, 0.29) is 71.7 Å². The summed E-state index contributed by atoms with van der Waals surface area (Å²) in [5, 5.41) is 26.8. The zero-order chi connectivity index (χ0) is 59.8.